The molecule has 5 heteroatoms. The van der Waals surface area contributed by atoms with Gasteiger partial charge in [-0.1, -0.05) is 30.3 Å². The number of carbonyl (C=O) groups excluding carboxylic acids is 1. The normalized spacial score (nSPS) is 14.2. The molecule has 0 saturated heterocycles. The number of nitrogens with one attached hydrogen (secondary N) is 2. The molecule has 2 atom stereocenters. The van der Waals surface area contributed by atoms with Gasteiger partial charge in [0.05, 0.1) is 6.61 Å². The van der Waals surface area contributed by atoms with Crippen molar-refractivity contribution in [2.24, 2.45) is 0 Å². The Bertz CT molecular complexity index is 443. The lowest BCUT2D eigenvalue weighted by molar-refractivity contribution is 0.0522. The number of alkyl carbamates (subject to hydrolysis) is 1. The van der Waals surface area contributed by atoms with Gasteiger partial charge >= 0.3 is 6.09 Å². The highest BCUT2D eigenvalue weighted by molar-refractivity contribution is 5.67. The van der Waals surface area contributed by atoms with Crippen molar-refractivity contribution in [3.05, 3.63) is 35.9 Å². The summed E-state index contributed by atoms with van der Waals surface area (Å²) in [7, 11) is 0. The van der Waals surface area contributed by atoms with Gasteiger partial charge in [0.15, 0.2) is 0 Å². The molecule has 0 radical (unpaired) electrons. The van der Waals surface area contributed by atoms with Gasteiger partial charge < -0.3 is 20.5 Å². The molecule has 0 saturated carbocycles. The number of benzene rings is 1. The van der Waals surface area contributed by atoms with Crippen LogP contribution in [0.2, 0.25) is 0 Å². The van der Waals surface area contributed by atoms with Gasteiger partial charge in [0.2, 0.25) is 0 Å². The summed E-state index contributed by atoms with van der Waals surface area (Å²) in [5, 5.41) is 15.5. The molecule has 0 aliphatic rings. The van der Waals surface area contributed by atoms with Crippen LogP contribution < -0.4 is 10.6 Å². The SMILES string of the molecule is CC(CNC(=O)OC(C)(C)C)NC(CO)Cc1ccccc1. The summed E-state index contributed by atoms with van der Waals surface area (Å²) >= 11 is 0. The third kappa shape index (κ3) is 8.00. The number of amides is 1. The van der Waals surface area contributed by atoms with Gasteiger partial charge in [-0.05, 0) is 39.7 Å². The summed E-state index contributed by atoms with van der Waals surface area (Å²) in [5.74, 6) is 0. The van der Waals surface area contributed by atoms with Crippen LogP contribution in [-0.4, -0.2) is 42.0 Å². The third-order valence-corrected chi connectivity index (χ3v) is 3.02. The summed E-state index contributed by atoms with van der Waals surface area (Å²) in [4.78, 5) is 11.6. The Labute approximate surface area is 133 Å². The van der Waals surface area contributed by atoms with Crippen LogP contribution in [0.4, 0.5) is 4.79 Å². The molecule has 0 heterocycles. The molecule has 3 N–H and O–H groups in total. The molecule has 22 heavy (non-hydrogen) atoms. The van der Waals surface area contributed by atoms with Crippen molar-refractivity contribution in [2.75, 3.05) is 13.2 Å². The highest BCUT2D eigenvalue weighted by Crippen LogP contribution is 2.06. The fourth-order valence-corrected chi connectivity index (χ4v) is 2.09. The molecule has 124 valence electrons. The van der Waals surface area contributed by atoms with Crippen LogP contribution in [-0.2, 0) is 11.2 Å². The number of aliphatic hydroxyl groups excluding tert-OH is 1. The minimum atomic E-state index is -0.498. The Hall–Kier alpha value is -1.59. The largest absolute Gasteiger partial charge is 0.444 e. The molecule has 1 rings (SSSR count). The second kappa shape index (κ2) is 8.76. The van der Waals surface area contributed by atoms with Crippen molar-refractivity contribution in [2.45, 2.75) is 51.8 Å². The fourth-order valence-electron chi connectivity index (χ4n) is 2.09. The number of ether oxygens (including phenoxy) is 1. The van der Waals surface area contributed by atoms with Crippen molar-refractivity contribution in [1.29, 1.82) is 0 Å². The molecule has 0 fully saturated rings. The minimum absolute atomic E-state index is 0.0355. The predicted molar refractivity (Wildman–Crippen MR) is 87.9 cm³/mol. The van der Waals surface area contributed by atoms with Gasteiger partial charge in [-0.2, -0.15) is 0 Å². The third-order valence-electron chi connectivity index (χ3n) is 3.02. The molecule has 0 bridgehead atoms. The summed E-state index contributed by atoms with van der Waals surface area (Å²) in [6.45, 7) is 7.94. The summed E-state index contributed by atoms with van der Waals surface area (Å²) in [6, 6.07) is 10.0. The number of hydrogen-bond acceptors (Lipinski definition) is 4. The van der Waals surface area contributed by atoms with Crippen molar-refractivity contribution < 1.29 is 14.6 Å². The Morgan fingerprint density at radius 1 is 1.27 bits per heavy atom. The maximum atomic E-state index is 11.6. The van der Waals surface area contributed by atoms with E-state index in [1.54, 1.807) is 0 Å². The molecule has 0 aliphatic heterocycles. The molecule has 5 nitrogen and oxygen atoms in total. The van der Waals surface area contributed by atoms with E-state index >= 15 is 0 Å². The van der Waals surface area contributed by atoms with E-state index < -0.39 is 11.7 Å². The molecule has 1 aromatic carbocycles. The minimum Gasteiger partial charge on any atom is -0.444 e. The first-order valence-electron chi connectivity index (χ1n) is 7.68. The molecular weight excluding hydrogens is 280 g/mol. The van der Waals surface area contributed by atoms with Crippen LogP contribution in [0.5, 0.6) is 0 Å². The topological polar surface area (TPSA) is 70.6 Å². The first-order chi connectivity index (χ1) is 10.3. The predicted octanol–water partition coefficient (Wildman–Crippen LogP) is 2.09. The molecule has 0 aromatic heterocycles. The zero-order valence-corrected chi connectivity index (χ0v) is 13.9. The lowest BCUT2D eigenvalue weighted by atomic mass is 10.1. The Morgan fingerprint density at radius 2 is 1.91 bits per heavy atom. The summed E-state index contributed by atoms with van der Waals surface area (Å²) < 4.78 is 5.19. The zero-order valence-electron chi connectivity index (χ0n) is 13.9. The lowest BCUT2D eigenvalue weighted by Gasteiger charge is -2.24. The average molecular weight is 308 g/mol. The Kier molecular flexibility index (Phi) is 7.35. The highest BCUT2D eigenvalue weighted by atomic mass is 16.6. The van der Waals surface area contributed by atoms with E-state index in [0.717, 1.165) is 6.42 Å². The number of hydrogen-bond donors (Lipinski definition) is 3. The van der Waals surface area contributed by atoms with Gasteiger partial charge in [-0.25, -0.2) is 4.79 Å². The second-order valence-electron chi connectivity index (χ2n) is 6.52. The molecular formula is C17H28N2O3. The molecule has 0 aliphatic carbocycles. The Morgan fingerprint density at radius 3 is 2.45 bits per heavy atom. The maximum absolute atomic E-state index is 11.6. The van der Waals surface area contributed by atoms with E-state index in [0.29, 0.717) is 6.54 Å². The van der Waals surface area contributed by atoms with E-state index in [2.05, 4.69) is 10.6 Å². The van der Waals surface area contributed by atoms with Crippen LogP contribution in [0.3, 0.4) is 0 Å². The van der Waals surface area contributed by atoms with Crippen LogP contribution in [0.15, 0.2) is 30.3 Å². The van der Waals surface area contributed by atoms with Gasteiger partial charge in [0, 0.05) is 18.6 Å². The average Bonchev–Trinajstić information content (AvgIpc) is 2.44. The van der Waals surface area contributed by atoms with E-state index in [1.165, 1.54) is 5.56 Å². The van der Waals surface area contributed by atoms with Crippen molar-refractivity contribution >= 4 is 6.09 Å². The summed E-state index contributed by atoms with van der Waals surface area (Å²) in [5.41, 5.74) is 0.670. The van der Waals surface area contributed by atoms with Crippen LogP contribution in [0.25, 0.3) is 0 Å². The van der Waals surface area contributed by atoms with Gasteiger partial charge in [0.25, 0.3) is 0 Å². The van der Waals surface area contributed by atoms with Crippen molar-refractivity contribution in [3.63, 3.8) is 0 Å². The first-order valence-corrected chi connectivity index (χ1v) is 7.68. The molecule has 2 unspecified atom stereocenters. The van der Waals surface area contributed by atoms with Crippen molar-refractivity contribution in [3.8, 4) is 0 Å². The van der Waals surface area contributed by atoms with E-state index in [4.69, 9.17) is 4.74 Å². The standard InChI is InChI=1S/C17H28N2O3/c1-13(11-18-16(21)22-17(2,3)4)19-15(12-20)10-14-8-6-5-7-9-14/h5-9,13,15,19-20H,10-12H2,1-4H3,(H,18,21). The monoisotopic (exact) mass is 308 g/mol. The number of aliphatic hydroxyl groups is 1. The van der Waals surface area contributed by atoms with Crippen LogP contribution >= 0.6 is 0 Å². The fraction of sp³-hybridized carbons (Fsp3) is 0.588. The zero-order chi connectivity index (χ0) is 16.6. The molecule has 1 amide bonds. The smallest absolute Gasteiger partial charge is 0.407 e. The molecule has 0 spiro atoms. The van der Waals surface area contributed by atoms with Gasteiger partial charge in [-0.3, -0.25) is 0 Å². The number of rotatable bonds is 7. The van der Waals surface area contributed by atoms with Gasteiger partial charge in [-0.15, -0.1) is 0 Å². The maximum Gasteiger partial charge on any atom is 0.407 e. The van der Waals surface area contributed by atoms with E-state index in [-0.39, 0.29) is 18.7 Å². The van der Waals surface area contributed by atoms with Crippen LogP contribution in [0, 0.1) is 0 Å². The van der Waals surface area contributed by atoms with E-state index in [1.807, 2.05) is 58.0 Å². The van der Waals surface area contributed by atoms with Gasteiger partial charge in [0.1, 0.15) is 5.60 Å². The Balaban J connectivity index is 2.35. The molecule has 1 aromatic rings. The van der Waals surface area contributed by atoms with E-state index in [9.17, 15) is 9.90 Å². The highest BCUT2D eigenvalue weighted by Gasteiger charge is 2.17. The lowest BCUT2D eigenvalue weighted by Crippen LogP contribution is -2.46. The quantitative estimate of drug-likeness (QED) is 0.721. The van der Waals surface area contributed by atoms with Crippen molar-refractivity contribution in [1.82, 2.24) is 10.6 Å². The number of carbonyl (C=O) groups is 1. The first kappa shape index (κ1) is 18.5. The van der Waals surface area contributed by atoms with Crippen LogP contribution in [0.1, 0.15) is 33.3 Å². The second-order valence-corrected chi connectivity index (χ2v) is 6.52. The summed E-state index contributed by atoms with van der Waals surface area (Å²) in [6.07, 6.45) is 0.318.